The fraction of sp³-hybridized carbons (Fsp3) is 0.810. The molecule has 0 bridgehead atoms. The molecule has 4 amide bonds. The number of hydrogen-bond acceptors (Lipinski definition) is 5. The third-order valence-corrected chi connectivity index (χ3v) is 6.94. The van der Waals surface area contributed by atoms with Gasteiger partial charge in [-0.05, 0) is 63.2 Å². The number of esters is 1. The highest BCUT2D eigenvalue weighted by Crippen LogP contribution is 2.36. The molecule has 0 unspecified atom stereocenters. The first-order valence-electron chi connectivity index (χ1n) is 10.8. The van der Waals surface area contributed by atoms with Gasteiger partial charge < -0.3 is 15.0 Å². The summed E-state index contributed by atoms with van der Waals surface area (Å²) in [5.41, 5.74) is -0.877. The van der Waals surface area contributed by atoms with Crippen molar-refractivity contribution in [1.82, 2.24) is 15.1 Å². The largest absolute Gasteiger partial charge is 0.454 e. The van der Waals surface area contributed by atoms with Gasteiger partial charge in [0.1, 0.15) is 12.1 Å². The van der Waals surface area contributed by atoms with Crippen molar-refractivity contribution >= 4 is 23.8 Å². The second kappa shape index (κ2) is 8.71. The van der Waals surface area contributed by atoms with Crippen LogP contribution in [0.5, 0.6) is 0 Å². The van der Waals surface area contributed by atoms with E-state index in [1.807, 2.05) is 0 Å². The molecule has 3 fully saturated rings. The monoisotopic (exact) mass is 407 g/mol. The number of rotatable bonds is 5. The van der Waals surface area contributed by atoms with Crippen molar-refractivity contribution in [1.29, 1.82) is 0 Å². The van der Waals surface area contributed by atoms with Gasteiger partial charge in [0.15, 0.2) is 6.61 Å². The Hall–Kier alpha value is -2.12. The average molecular weight is 408 g/mol. The van der Waals surface area contributed by atoms with Crippen molar-refractivity contribution in [2.24, 2.45) is 11.8 Å². The van der Waals surface area contributed by atoms with E-state index in [1.54, 1.807) is 11.9 Å². The Morgan fingerprint density at radius 3 is 2.28 bits per heavy atom. The Kier molecular flexibility index (Phi) is 6.49. The van der Waals surface area contributed by atoms with Crippen LogP contribution in [0.15, 0.2) is 0 Å². The highest BCUT2D eigenvalue weighted by Gasteiger charge is 2.52. The zero-order valence-corrected chi connectivity index (χ0v) is 17.7. The van der Waals surface area contributed by atoms with E-state index in [9.17, 15) is 19.2 Å². The fourth-order valence-corrected chi connectivity index (χ4v) is 4.67. The average Bonchev–Trinajstić information content (AvgIpc) is 2.92. The van der Waals surface area contributed by atoms with Crippen LogP contribution in [0.2, 0.25) is 0 Å². The first-order valence-corrected chi connectivity index (χ1v) is 10.8. The summed E-state index contributed by atoms with van der Waals surface area (Å²) in [6.07, 6.45) is 7.02. The van der Waals surface area contributed by atoms with Crippen LogP contribution in [-0.4, -0.2) is 65.4 Å². The number of nitrogens with one attached hydrogen (secondary N) is 1. The lowest BCUT2D eigenvalue weighted by Crippen LogP contribution is -2.49. The zero-order chi connectivity index (χ0) is 21.2. The number of likely N-dealkylation sites (N-methyl/N-ethyl adjacent to an activating group) is 1. The number of urea groups is 1. The molecule has 162 valence electrons. The van der Waals surface area contributed by atoms with Crippen LogP contribution < -0.4 is 5.32 Å². The van der Waals surface area contributed by atoms with Crippen LogP contribution in [0, 0.1) is 11.8 Å². The first kappa shape index (κ1) is 21.6. The molecule has 1 N–H and O–H groups in total. The molecule has 1 saturated heterocycles. The standard InChI is InChI=1S/C21H33N3O5/c1-14-4-6-16(7-5-14)23(3)17(25)13-29-18(26)12-24-19(27)21(22-20(24)28)10-8-15(2)9-11-21/h14-16H,4-13H2,1-3H3,(H,22,28). The molecule has 3 rings (SSSR count). The summed E-state index contributed by atoms with van der Waals surface area (Å²) >= 11 is 0. The van der Waals surface area contributed by atoms with Crippen molar-refractivity contribution in [2.75, 3.05) is 20.2 Å². The van der Waals surface area contributed by atoms with Crippen molar-refractivity contribution < 1.29 is 23.9 Å². The Labute approximate surface area is 172 Å². The maximum absolute atomic E-state index is 12.8. The van der Waals surface area contributed by atoms with Gasteiger partial charge in [0.25, 0.3) is 11.8 Å². The van der Waals surface area contributed by atoms with Gasteiger partial charge in [0.05, 0.1) is 0 Å². The highest BCUT2D eigenvalue weighted by atomic mass is 16.5. The fourth-order valence-electron chi connectivity index (χ4n) is 4.67. The first-order chi connectivity index (χ1) is 13.7. The Morgan fingerprint density at radius 2 is 1.66 bits per heavy atom. The molecule has 0 aromatic heterocycles. The lowest BCUT2D eigenvalue weighted by Gasteiger charge is -2.33. The number of hydrogen-bond donors (Lipinski definition) is 1. The quantitative estimate of drug-likeness (QED) is 0.556. The second-order valence-corrected chi connectivity index (χ2v) is 9.17. The van der Waals surface area contributed by atoms with E-state index >= 15 is 0 Å². The van der Waals surface area contributed by atoms with Gasteiger partial charge >= 0.3 is 12.0 Å². The molecule has 0 radical (unpaired) electrons. The maximum Gasteiger partial charge on any atom is 0.326 e. The number of carbonyl (C=O) groups is 4. The summed E-state index contributed by atoms with van der Waals surface area (Å²) in [5.74, 6) is -0.139. The molecule has 0 atom stereocenters. The number of nitrogens with zero attached hydrogens (tertiary/aromatic N) is 2. The van der Waals surface area contributed by atoms with Gasteiger partial charge in [-0.1, -0.05) is 13.8 Å². The minimum Gasteiger partial charge on any atom is -0.454 e. The number of amides is 4. The molecule has 8 heteroatoms. The third kappa shape index (κ3) is 4.73. The normalized spacial score (nSPS) is 32.2. The summed E-state index contributed by atoms with van der Waals surface area (Å²) in [7, 11) is 1.74. The number of carbonyl (C=O) groups excluding carboxylic acids is 4. The predicted molar refractivity (Wildman–Crippen MR) is 106 cm³/mol. The van der Waals surface area contributed by atoms with Gasteiger partial charge in [-0.2, -0.15) is 0 Å². The van der Waals surface area contributed by atoms with Crippen LogP contribution >= 0.6 is 0 Å². The van der Waals surface area contributed by atoms with Gasteiger partial charge in [-0.15, -0.1) is 0 Å². The lowest BCUT2D eigenvalue weighted by molar-refractivity contribution is -0.154. The molecule has 1 heterocycles. The molecule has 0 aromatic rings. The SMILES string of the molecule is CC1CCC(N(C)C(=O)COC(=O)CN2C(=O)NC3(CCC(C)CC3)C2=O)CC1. The topological polar surface area (TPSA) is 96.0 Å². The van der Waals surface area contributed by atoms with Crippen molar-refractivity contribution in [2.45, 2.75) is 76.8 Å². The number of imide groups is 1. The van der Waals surface area contributed by atoms with Crippen LogP contribution in [0.4, 0.5) is 4.79 Å². The molecule has 1 spiro atoms. The molecular weight excluding hydrogens is 374 g/mol. The highest BCUT2D eigenvalue weighted by molar-refractivity contribution is 6.08. The minimum absolute atomic E-state index is 0.178. The van der Waals surface area contributed by atoms with E-state index in [4.69, 9.17) is 4.74 Å². The predicted octanol–water partition coefficient (Wildman–Crippen LogP) is 2.07. The molecule has 8 nitrogen and oxygen atoms in total. The lowest BCUT2D eigenvalue weighted by atomic mass is 9.77. The van der Waals surface area contributed by atoms with Crippen LogP contribution in [0.3, 0.4) is 0 Å². The minimum atomic E-state index is -0.877. The van der Waals surface area contributed by atoms with E-state index in [0.717, 1.165) is 43.4 Å². The summed E-state index contributed by atoms with van der Waals surface area (Å²) < 4.78 is 5.08. The zero-order valence-electron chi connectivity index (χ0n) is 17.7. The molecule has 0 aromatic carbocycles. The maximum atomic E-state index is 12.8. The second-order valence-electron chi connectivity index (χ2n) is 9.17. The molecular formula is C21H33N3O5. The Balaban J connectivity index is 1.47. The smallest absolute Gasteiger partial charge is 0.326 e. The van der Waals surface area contributed by atoms with Crippen molar-refractivity contribution in [3.63, 3.8) is 0 Å². The van der Waals surface area contributed by atoms with Gasteiger partial charge in [0, 0.05) is 13.1 Å². The molecule has 1 aliphatic heterocycles. The van der Waals surface area contributed by atoms with Crippen LogP contribution in [-0.2, 0) is 19.1 Å². The van der Waals surface area contributed by atoms with E-state index in [0.29, 0.717) is 24.7 Å². The molecule has 29 heavy (non-hydrogen) atoms. The van der Waals surface area contributed by atoms with E-state index in [1.165, 1.54) is 0 Å². The van der Waals surface area contributed by atoms with E-state index in [-0.39, 0.29) is 24.5 Å². The van der Waals surface area contributed by atoms with E-state index < -0.39 is 24.1 Å². The third-order valence-electron chi connectivity index (χ3n) is 6.94. The van der Waals surface area contributed by atoms with Gasteiger partial charge in [0.2, 0.25) is 0 Å². The Bertz CT molecular complexity index is 663. The van der Waals surface area contributed by atoms with E-state index in [2.05, 4.69) is 19.2 Å². The van der Waals surface area contributed by atoms with Gasteiger partial charge in [-0.25, -0.2) is 4.79 Å². The van der Waals surface area contributed by atoms with Crippen molar-refractivity contribution in [3.8, 4) is 0 Å². The summed E-state index contributed by atoms with van der Waals surface area (Å²) in [6.45, 7) is 3.52. The van der Waals surface area contributed by atoms with Gasteiger partial charge in [-0.3, -0.25) is 19.3 Å². The molecule has 3 aliphatic rings. The Morgan fingerprint density at radius 1 is 1.07 bits per heavy atom. The number of ether oxygens (including phenoxy) is 1. The summed E-state index contributed by atoms with van der Waals surface area (Å²) in [6, 6.07) is -0.377. The summed E-state index contributed by atoms with van der Waals surface area (Å²) in [4.78, 5) is 52.2. The van der Waals surface area contributed by atoms with Crippen LogP contribution in [0.25, 0.3) is 0 Å². The van der Waals surface area contributed by atoms with Crippen LogP contribution in [0.1, 0.15) is 65.2 Å². The summed E-state index contributed by atoms with van der Waals surface area (Å²) in [5, 5.41) is 2.78. The molecule has 2 aliphatic carbocycles. The van der Waals surface area contributed by atoms with Crippen molar-refractivity contribution in [3.05, 3.63) is 0 Å². The molecule has 2 saturated carbocycles.